The molecule has 0 radical (unpaired) electrons. The van der Waals surface area contributed by atoms with Crippen molar-refractivity contribution in [3.05, 3.63) is 36.0 Å². The lowest BCUT2D eigenvalue weighted by Crippen LogP contribution is -2.45. The van der Waals surface area contributed by atoms with Crippen molar-refractivity contribution in [2.75, 3.05) is 6.54 Å². The standard InChI is InChI=1S/C15H16N2O4/c1-16-8-10(9-4-2-3-5-11(9)16)14(19)17-7-6-12(18)13(17)15(20)21/h2-5,8,12-13,18H,6-7H2,1H3,(H,20,21)/t12-,13-/m0/s1. The van der Waals surface area contributed by atoms with E-state index in [9.17, 15) is 19.8 Å². The molecule has 2 heterocycles. The lowest BCUT2D eigenvalue weighted by atomic mass is 10.1. The molecule has 2 atom stereocenters. The Morgan fingerprint density at radius 2 is 2.00 bits per heavy atom. The summed E-state index contributed by atoms with van der Waals surface area (Å²) in [7, 11) is 1.84. The zero-order valence-electron chi connectivity index (χ0n) is 11.6. The molecule has 1 aromatic heterocycles. The number of benzene rings is 1. The Balaban J connectivity index is 2.03. The summed E-state index contributed by atoms with van der Waals surface area (Å²) in [5.41, 5.74) is 1.38. The summed E-state index contributed by atoms with van der Waals surface area (Å²) in [6.45, 7) is 0.250. The first kappa shape index (κ1) is 13.6. The molecule has 0 saturated carbocycles. The van der Waals surface area contributed by atoms with Gasteiger partial charge in [-0.15, -0.1) is 0 Å². The van der Waals surface area contributed by atoms with Crippen LogP contribution < -0.4 is 0 Å². The predicted octanol–water partition coefficient (Wildman–Crippen LogP) is 0.838. The maximum atomic E-state index is 12.7. The number of amides is 1. The summed E-state index contributed by atoms with van der Waals surface area (Å²) in [6.07, 6.45) is 0.978. The van der Waals surface area contributed by atoms with Crippen LogP contribution in [-0.4, -0.2) is 50.2 Å². The highest BCUT2D eigenvalue weighted by Gasteiger charge is 2.41. The Morgan fingerprint density at radius 1 is 1.29 bits per heavy atom. The number of carbonyl (C=O) groups excluding carboxylic acids is 1. The monoisotopic (exact) mass is 288 g/mol. The summed E-state index contributed by atoms with van der Waals surface area (Å²) in [5, 5.41) is 19.8. The van der Waals surface area contributed by atoms with E-state index < -0.39 is 18.1 Å². The van der Waals surface area contributed by atoms with Gasteiger partial charge in [0.1, 0.15) is 0 Å². The molecular formula is C15H16N2O4. The van der Waals surface area contributed by atoms with Crippen LogP contribution >= 0.6 is 0 Å². The minimum Gasteiger partial charge on any atom is -0.480 e. The van der Waals surface area contributed by atoms with Crippen LogP contribution in [0, 0.1) is 0 Å². The molecule has 0 aliphatic carbocycles. The minimum absolute atomic E-state index is 0.250. The van der Waals surface area contributed by atoms with Crippen molar-refractivity contribution >= 4 is 22.8 Å². The average molecular weight is 288 g/mol. The van der Waals surface area contributed by atoms with Crippen molar-refractivity contribution in [1.29, 1.82) is 0 Å². The van der Waals surface area contributed by atoms with Crippen molar-refractivity contribution in [3.63, 3.8) is 0 Å². The van der Waals surface area contributed by atoms with Crippen LogP contribution in [0.2, 0.25) is 0 Å². The number of aliphatic hydroxyl groups is 1. The predicted molar refractivity (Wildman–Crippen MR) is 76.0 cm³/mol. The topological polar surface area (TPSA) is 82.8 Å². The number of rotatable bonds is 2. The van der Waals surface area contributed by atoms with Crippen molar-refractivity contribution in [3.8, 4) is 0 Å². The van der Waals surface area contributed by atoms with E-state index in [-0.39, 0.29) is 18.9 Å². The number of para-hydroxylation sites is 1. The van der Waals surface area contributed by atoms with Gasteiger partial charge in [0.2, 0.25) is 0 Å². The summed E-state index contributed by atoms with van der Waals surface area (Å²) < 4.78 is 1.84. The van der Waals surface area contributed by atoms with Crippen LogP contribution in [-0.2, 0) is 11.8 Å². The Hall–Kier alpha value is -2.34. The van der Waals surface area contributed by atoms with Crippen LogP contribution in [0.1, 0.15) is 16.8 Å². The molecule has 1 aliphatic rings. The quantitative estimate of drug-likeness (QED) is 0.858. The Morgan fingerprint density at radius 3 is 2.71 bits per heavy atom. The van der Waals surface area contributed by atoms with Crippen molar-refractivity contribution in [2.24, 2.45) is 7.05 Å². The lowest BCUT2D eigenvalue weighted by molar-refractivity contribution is -0.144. The molecule has 3 rings (SSSR count). The highest BCUT2D eigenvalue weighted by atomic mass is 16.4. The third-order valence-corrected chi connectivity index (χ3v) is 4.01. The van der Waals surface area contributed by atoms with Gasteiger partial charge in [0.05, 0.1) is 11.7 Å². The largest absolute Gasteiger partial charge is 0.480 e. The number of likely N-dealkylation sites (tertiary alicyclic amines) is 1. The Kier molecular flexibility index (Phi) is 3.17. The van der Waals surface area contributed by atoms with E-state index in [4.69, 9.17) is 0 Å². The molecule has 1 aromatic carbocycles. The molecule has 2 aromatic rings. The van der Waals surface area contributed by atoms with Gasteiger partial charge in [0.25, 0.3) is 5.91 Å². The Labute approximate surface area is 121 Å². The molecule has 0 unspecified atom stereocenters. The van der Waals surface area contributed by atoms with Gasteiger partial charge in [-0.3, -0.25) is 4.79 Å². The summed E-state index contributed by atoms with van der Waals surface area (Å²) in [4.78, 5) is 25.2. The molecule has 1 saturated heterocycles. The number of aryl methyl sites for hydroxylation is 1. The zero-order chi connectivity index (χ0) is 15.1. The zero-order valence-corrected chi connectivity index (χ0v) is 11.6. The van der Waals surface area contributed by atoms with E-state index in [1.807, 2.05) is 35.9 Å². The molecular weight excluding hydrogens is 272 g/mol. The fraction of sp³-hybridized carbons (Fsp3) is 0.333. The molecule has 1 fully saturated rings. The van der Waals surface area contributed by atoms with Gasteiger partial charge in [0.15, 0.2) is 6.04 Å². The van der Waals surface area contributed by atoms with E-state index in [0.29, 0.717) is 5.56 Å². The number of fused-ring (bicyclic) bond motifs is 1. The van der Waals surface area contributed by atoms with Crippen LogP contribution in [0.15, 0.2) is 30.5 Å². The fourth-order valence-electron chi connectivity index (χ4n) is 2.97. The first-order valence-electron chi connectivity index (χ1n) is 6.76. The van der Waals surface area contributed by atoms with Crippen molar-refractivity contribution < 1.29 is 19.8 Å². The number of aliphatic carboxylic acids is 1. The van der Waals surface area contributed by atoms with Gasteiger partial charge in [-0.05, 0) is 12.5 Å². The number of aromatic nitrogens is 1. The molecule has 110 valence electrons. The molecule has 6 heteroatoms. The van der Waals surface area contributed by atoms with Gasteiger partial charge in [0, 0.05) is 30.7 Å². The van der Waals surface area contributed by atoms with E-state index >= 15 is 0 Å². The number of aliphatic hydroxyl groups excluding tert-OH is 1. The number of carboxylic acids is 1. The third-order valence-electron chi connectivity index (χ3n) is 4.01. The fourth-order valence-corrected chi connectivity index (χ4v) is 2.97. The highest BCUT2D eigenvalue weighted by Crippen LogP contribution is 2.26. The first-order chi connectivity index (χ1) is 10.0. The Bertz CT molecular complexity index is 722. The van der Waals surface area contributed by atoms with E-state index in [0.717, 1.165) is 10.9 Å². The molecule has 21 heavy (non-hydrogen) atoms. The molecule has 6 nitrogen and oxygen atoms in total. The molecule has 0 spiro atoms. The highest BCUT2D eigenvalue weighted by molar-refractivity contribution is 6.08. The number of hydrogen-bond donors (Lipinski definition) is 2. The summed E-state index contributed by atoms with van der Waals surface area (Å²) in [6, 6.07) is 6.30. The summed E-state index contributed by atoms with van der Waals surface area (Å²) in [5.74, 6) is -1.52. The molecule has 1 aliphatic heterocycles. The van der Waals surface area contributed by atoms with Crippen LogP contribution in [0.4, 0.5) is 0 Å². The van der Waals surface area contributed by atoms with Gasteiger partial charge >= 0.3 is 5.97 Å². The van der Waals surface area contributed by atoms with Crippen molar-refractivity contribution in [2.45, 2.75) is 18.6 Å². The van der Waals surface area contributed by atoms with E-state index in [2.05, 4.69) is 0 Å². The second kappa shape index (κ2) is 4.89. The van der Waals surface area contributed by atoms with E-state index in [1.165, 1.54) is 4.90 Å². The number of carbonyl (C=O) groups is 2. The normalized spacial score (nSPS) is 21.9. The maximum Gasteiger partial charge on any atom is 0.329 e. The average Bonchev–Trinajstić information content (AvgIpc) is 3.00. The van der Waals surface area contributed by atoms with Gasteiger partial charge in [-0.25, -0.2) is 4.79 Å². The third kappa shape index (κ3) is 2.08. The first-order valence-corrected chi connectivity index (χ1v) is 6.76. The summed E-state index contributed by atoms with van der Waals surface area (Å²) >= 11 is 0. The maximum absolute atomic E-state index is 12.7. The second-order valence-corrected chi connectivity index (χ2v) is 5.31. The number of hydrogen-bond acceptors (Lipinski definition) is 3. The van der Waals surface area contributed by atoms with Crippen LogP contribution in [0.25, 0.3) is 10.9 Å². The molecule has 1 amide bonds. The van der Waals surface area contributed by atoms with Gasteiger partial charge < -0.3 is 19.7 Å². The van der Waals surface area contributed by atoms with Gasteiger partial charge in [-0.2, -0.15) is 0 Å². The number of carboxylic acid groups (broad SMARTS) is 1. The minimum atomic E-state index is -1.17. The van der Waals surface area contributed by atoms with E-state index in [1.54, 1.807) is 6.20 Å². The smallest absolute Gasteiger partial charge is 0.329 e. The van der Waals surface area contributed by atoms with Crippen molar-refractivity contribution in [1.82, 2.24) is 9.47 Å². The van der Waals surface area contributed by atoms with Gasteiger partial charge in [-0.1, -0.05) is 18.2 Å². The molecule has 0 bridgehead atoms. The van der Waals surface area contributed by atoms with Crippen LogP contribution in [0.5, 0.6) is 0 Å². The SMILES string of the molecule is Cn1cc(C(=O)N2CC[C@H](O)[C@H]2C(=O)O)c2ccccc21. The van der Waals surface area contributed by atoms with Crippen LogP contribution in [0.3, 0.4) is 0 Å². The second-order valence-electron chi connectivity index (χ2n) is 5.31. The lowest BCUT2D eigenvalue weighted by Gasteiger charge is -2.22. The number of nitrogens with zero attached hydrogens (tertiary/aromatic N) is 2. The molecule has 2 N–H and O–H groups in total.